The highest BCUT2D eigenvalue weighted by atomic mass is 32.2. The smallest absolute Gasteiger partial charge is 0.232 e. The van der Waals surface area contributed by atoms with Crippen molar-refractivity contribution in [2.75, 3.05) is 33.8 Å². The molecule has 2 N–H and O–H groups in total. The summed E-state index contributed by atoms with van der Waals surface area (Å²) >= 11 is 0. The van der Waals surface area contributed by atoms with Crippen LogP contribution in [0.2, 0.25) is 0 Å². The van der Waals surface area contributed by atoms with Crippen LogP contribution in [-0.2, 0) is 10.0 Å². The van der Waals surface area contributed by atoms with Gasteiger partial charge >= 0.3 is 0 Å². The number of rotatable bonds is 6. The Bertz CT molecular complexity index is 809. The molecule has 0 atom stereocenters. The van der Waals surface area contributed by atoms with Gasteiger partial charge in [-0.1, -0.05) is 6.92 Å². The maximum absolute atomic E-state index is 11.6. The molecule has 0 unspecified atom stereocenters. The van der Waals surface area contributed by atoms with E-state index in [2.05, 4.69) is 46.1 Å². The number of nitrogens with one attached hydrogen (secondary N) is 2. The average Bonchev–Trinajstić information content (AvgIpc) is 2.65. The van der Waals surface area contributed by atoms with Crippen molar-refractivity contribution in [3.8, 4) is 0 Å². The van der Waals surface area contributed by atoms with Crippen LogP contribution in [0, 0.1) is 5.92 Å². The summed E-state index contributed by atoms with van der Waals surface area (Å²) in [5.74, 6) is 0.895. The first-order valence-corrected chi connectivity index (χ1v) is 10.8. The van der Waals surface area contributed by atoms with Crippen LogP contribution in [-0.4, -0.2) is 27.3 Å². The van der Waals surface area contributed by atoms with Gasteiger partial charge in [0.2, 0.25) is 10.0 Å². The Morgan fingerprint density at radius 2 is 1.42 bits per heavy atom. The number of piperidine rings is 1. The zero-order valence-electron chi connectivity index (χ0n) is 15.4. The fraction of sp³-hybridized carbons (Fsp3) is 0.400. The van der Waals surface area contributed by atoms with Crippen LogP contribution < -0.4 is 14.9 Å². The van der Waals surface area contributed by atoms with E-state index in [9.17, 15) is 8.42 Å². The van der Waals surface area contributed by atoms with Crippen molar-refractivity contribution < 1.29 is 8.42 Å². The van der Waals surface area contributed by atoms with Crippen LogP contribution in [0.15, 0.2) is 48.5 Å². The van der Waals surface area contributed by atoms with E-state index < -0.39 is 10.0 Å². The monoisotopic (exact) mass is 373 g/mol. The molecule has 26 heavy (non-hydrogen) atoms. The predicted octanol–water partition coefficient (Wildman–Crippen LogP) is 4.43. The zero-order chi connectivity index (χ0) is 18.6. The van der Waals surface area contributed by atoms with E-state index in [4.69, 9.17) is 0 Å². The molecular weight excluding hydrogens is 346 g/mol. The molecule has 1 fully saturated rings. The SMILES string of the molecule is CCS(=O)(=O)Nc1ccc(Nc2ccc(N3CCC(C)CC3)cc2)cc1. The quantitative estimate of drug-likeness (QED) is 0.786. The van der Waals surface area contributed by atoms with Crippen molar-refractivity contribution >= 4 is 32.8 Å². The minimum absolute atomic E-state index is 0.0648. The van der Waals surface area contributed by atoms with Gasteiger partial charge in [-0.15, -0.1) is 0 Å². The predicted molar refractivity (Wildman–Crippen MR) is 110 cm³/mol. The standard InChI is InChI=1S/C20H27N3O2S/c1-3-26(24,25)22-19-6-4-17(5-7-19)21-18-8-10-20(11-9-18)23-14-12-16(2)13-15-23/h4-11,16,21-22H,3,12-15H2,1-2H3. The van der Waals surface area contributed by atoms with Gasteiger partial charge in [0.1, 0.15) is 0 Å². The maximum Gasteiger partial charge on any atom is 0.232 e. The molecular formula is C20H27N3O2S. The minimum Gasteiger partial charge on any atom is -0.372 e. The first kappa shape index (κ1) is 18.6. The third kappa shape index (κ3) is 4.91. The Balaban J connectivity index is 1.60. The molecule has 1 saturated heterocycles. The van der Waals surface area contributed by atoms with Crippen LogP contribution in [0.5, 0.6) is 0 Å². The lowest BCUT2D eigenvalue weighted by molar-refractivity contribution is 0.438. The van der Waals surface area contributed by atoms with Crippen molar-refractivity contribution in [2.24, 2.45) is 5.92 Å². The van der Waals surface area contributed by atoms with Crippen molar-refractivity contribution in [2.45, 2.75) is 26.7 Å². The molecule has 1 aliphatic heterocycles. The first-order valence-electron chi connectivity index (χ1n) is 9.18. The normalized spacial score (nSPS) is 15.7. The highest BCUT2D eigenvalue weighted by Crippen LogP contribution is 2.26. The van der Waals surface area contributed by atoms with Crippen LogP contribution in [0.1, 0.15) is 26.7 Å². The fourth-order valence-electron chi connectivity index (χ4n) is 3.06. The second-order valence-corrected chi connectivity index (χ2v) is 8.94. The number of nitrogens with zero attached hydrogens (tertiary/aromatic N) is 1. The summed E-state index contributed by atoms with van der Waals surface area (Å²) in [4.78, 5) is 2.44. The van der Waals surface area contributed by atoms with Crippen LogP contribution >= 0.6 is 0 Å². The molecule has 0 spiro atoms. The van der Waals surface area contributed by atoms with E-state index in [1.165, 1.54) is 18.5 Å². The van der Waals surface area contributed by atoms with Gasteiger partial charge < -0.3 is 10.2 Å². The van der Waals surface area contributed by atoms with E-state index in [0.717, 1.165) is 30.4 Å². The highest BCUT2D eigenvalue weighted by molar-refractivity contribution is 7.92. The number of sulfonamides is 1. The number of hydrogen-bond acceptors (Lipinski definition) is 4. The topological polar surface area (TPSA) is 61.4 Å². The molecule has 1 heterocycles. The molecule has 0 saturated carbocycles. The Labute approximate surface area is 156 Å². The molecule has 1 aliphatic rings. The maximum atomic E-state index is 11.6. The Hall–Kier alpha value is -2.21. The summed E-state index contributed by atoms with van der Waals surface area (Å²) in [7, 11) is -3.24. The van der Waals surface area contributed by atoms with Crippen molar-refractivity contribution in [3.63, 3.8) is 0 Å². The van der Waals surface area contributed by atoms with Gasteiger partial charge in [0.25, 0.3) is 0 Å². The second-order valence-electron chi connectivity index (χ2n) is 6.92. The molecule has 0 aliphatic carbocycles. The minimum atomic E-state index is -3.24. The fourth-order valence-corrected chi connectivity index (χ4v) is 3.70. The van der Waals surface area contributed by atoms with Crippen molar-refractivity contribution in [3.05, 3.63) is 48.5 Å². The van der Waals surface area contributed by atoms with Gasteiger partial charge in [-0.3, -0.25) is 4.72 Å². The molecule has 0 bridgehead atoms. The Morgan fingerprint density at radius 1 is 0.923 bits per heavy atom. The summed E-state index contributed by atoms with van der Waals surface area (Å²) in [6.45, 7) is 6.20. The summed E-state index contributed by atoms with van der Waals surface area (Å²) in [6.07, 6.45) is 2.52. The van der Waals surface area contributed by atoms with Crippen LogP contribution in [0.25, 0.3) is 0 Å². The molecule has 0 radical (unpaired) electrons. The van der Waals surface area contributed by atoms with Gasteiger partial charge in [0.15, 0.2) is 0 Å². The van der Waals surface area contributed by atoms with Gasteiger partial charge in [0, 0.05) is 35.8 Å². The van der Waals surface area contributed by atoms with E-state index in [0.29, 0.717) is 5.69 Å². The molecule has 0 amide bonds. The average molecular weight is 374 g/mol. The van der Waals surface area contributed by atoms with E-state index in [-0.39, 0.29) is 5.75 Å². The third-order valence-electron chi connectivity index (χ3n) is 4.84. The van der Waals surface area contributed by atoms with Gasteiger partial charge in [-0.05, 0) is 74.2 Å². The Morgan fingerprint density at radius 3 is 1.96 bits per heavy atom. The summed E-state index contributed by atoms with van der Waals surface area (Å²) < 4.78 is 25.7. The lowest BCUT2D eigenvalue weighted by atomic mass is 9.99. The lowest BCUT2D eigenvalue weighted by Crippen LogP contribution is -2.32. The summed E-state index contributed by atoms with van der Waals surface area (Å²) in [6, 6.07) is 15.7. The van der Waals surface area contributed by atoms with Gasteiger partial charge in [-0.25, -0.2) is 8.42 Å². The van der Waals surface area contributed by atoms with E-state index in [1.807, 2.05) is 12.1 Å². The largest absolute Gasteiger partial charge is 0.372 e. The van der Waals surface area contributed by atoms with Crippen molar-refractivity contribution in [1.29, 1.82) is 0 Å². The second kappa shape index (κ2) is 7.99. The molecule has 0 aromatic heterocycles. The third-order valence-corrected chi connectivity index (χ3v) is 6.15. The van der Waals surface area contributed by atoms with Gasteiger partial charge in [0.05, 0.1) is 5.75 Å². The van der Waals surface area contributed by atoms with E-state index in [1.54, 1.807) is 19.1 Å². The Kier molecular flexibility index (Phi) is 5.71. The molecule has 3 rings (SSSR count). The molecule has 140 valence electrons. The first-order chi connectivity index (χ1) is 12.4. The number of anilines is 4. The number of benzene rings is 2. The number of hydrogen-bond donors (Lipinski definition) is 2. The zero-order valence-corrected chi connectivity index (χ0v) is 16.2. The van der Waals surface area contributed by atoms with Gasteiger partial charge in [-0.2, -0.15) is 0 Å². The molecule has 5 nitrogen and oxygen atoms in total. The van der Waals surface area contributed by atoms with Crippen LogP contribution in [0.4, 0.5) is 22.7 Å². The lowest BCUT2D eigenvalue weighted by Gasteiger charge is -2.32. The van der Waals surface area contributed by atoms with Crippen LogP contribution in [0.3, 0.4) is 0 Å². The molecule has 2 aromatic rings. The van der Waals surface area contributed by atoms with E-state index >= 15 is 0 Å². The summed E-state index contributed by atoms with van der Waals surface area (Å²) in [5, 5.41) is 3.35. The molecule has 6 heteroatoms. The molecule has 2 aromatic carbocycles. The highest BCUT2D eigenvalue weighted by Gasteiger charge is 2.15. The van der Waals surface area contributed by atoms with Crippen molar-refractivity contribution in [1.82, 2.24) is 0 Å². The summed E-state index contributed by atoms with van der Waals surface area (Å²) in [5.41, 5.74) is 3.78.